The van der Waals surface area contributed by atoms with Crippen molar-refractivity contribution in [2.75, 3.05) is 6.61 Å². The van der Waals surface area contributed by atoms with E-state index in [-0.39, 0.29) is 5.97 Å². The standard InChI is InChI=1S/C19H17NO3/c1-3-23-19(22)18-12(2)17-15(8-5-9-16(17)20-18)14-7-4-6-13(10-14)11-21/h4-9,20H,3,10H2,1-2H3. The van der Waals surface area contributed by atoms with Gasteiger partial charge in [0.15, 0.2) is 0 Å². The number of aryl methyl sites for hydroxylation is 1. The third-order valence-corrected chi connectivity index (χ3v) is 4.01. The number of carbonyl (C=O) groups is 1. The largest absolute Gasteiger partial charge is 0.461 e. The minimum Gasteiger partial charge on any atom is -0.461 e. The molecule has 0 spiro atoms. The van der Waals surface area contributed by atoms with Gasteiger partial charge in [0.1, 0.15) is 11.6 Å². The predicted molar refractivity (Wildman–Crippen MR) is 89.9 cm³/mol. The van der Waals surface area contributed by atoms with Gasteiger partial charge >= 0.3 is 5.97 Å². The molecule has 1 aromatic heterocycles. The Labute approximate surface area is 134 Å². The van der Waals surface area contributed by atoms with E-state index in [2.05, 4.69) is 4.98 Å². The highest BCUT2D eigenvalue weighted by Gasteiger charge is 2.19. The second kappa shape index (κ2) is 6.11. The van der Waals surface area contributed by atoms with Gasteiger partial charge in [0.25, 0.3) is 0 Å². The minimum absolute atomic E-state index is 0.337. The number of aromatic amines is 1. The quantitative estimate of drug-likeness (QED) is 0.694. The van der Waals surface area contributed by atoms with Gasteiger partial charge < -0.3 is 9.72 Å². The number of hydrogen-bond acceptors (Lipinski definition) is 3. The maximum absolute atomic E-state index is 12.1. The van der Waals surface area contributed by atoms with Gasteiger partial charge in [-0.1, -0.05) is 24.3 Å². The van der Waals surface area contributed by atoms with Crippen LogP contribution in [0.25, 0.3) is 16.5 Å². The van der Waals surface area contributed by atoms with E-state index in [4.69, 9.17) is 4.74 Å². The molecular formula is C19H17NO3. The number of nitrogens with one attached hydrogen (secondary N) is 1. The normalized spacial score (nSPS) is 13.8. The molecule has 0 bridgehead atoms. The molecule has 0 aliphatic heterocycles. The van der Waals surface area contributed by atoms with Crippen LogP contribution in [0.1, 0.15) is 35.0 Å². The number of H-pyrrole nitrogens is 1. The van der Waals surface area contributed by atoms with Crippen LogP contribution in [-0.2, 0) is 9.53 Å². The minimum atomic E-state index is -0.349. The third kappa shape index (κ3) is 2.65. The molecule has 1 aliphatic carbocycles. The predicted octanol–water partition coefficient (Wildman–Crippen LogP) is 3.75. The summed E-state index contributed by atoms with van der Waals surface area (Å²) in [4.78, 5) is 26.2. The monoisotopic (exact) mass is 307 g/mol. The van der Waals surface area contributed by atoms with Crippen molar-refractivity contribution in [3.63, 3.8) is 0 Å². The number of hydrogen-bond donors (Lipinski definition) is 1. The smallest absolute Gasteiger partial charge is 0.355 e. The fraction of sp³-hybridized carbons (Fsp3) is 0.211. The Morgan fingerprint density at radius 2 is 2.22 bits per heavy atom. The molecule has 23 heavy (non-hydrogen) atoms. The summed E-state index contributed by atoms with van der Waals surface area (Å²) in [6.45, 7) is 4.03. The molecule has 4 nitrogen and oxygen atoms in total. The van der Waals surface area contributed by atoms with Gasteiger partial charge in [-0.15, -0.1) is 0 Å². The number of fused-ring (bicyclic) bond motifs is 1. The van der Waals surface area contributed by atoms with Crippen molar-refractivity contribution in [1.29, 1.82) is 0 Å². The van der Waals surface area contributed by atoms with Crippen LogP contribution >= 0.6 is 0 Å². The lowest BCUT2D eigenvalue weighted by Gasteiger charge is -2.12. The average Bonchev–Trinajstić information content (AvgIpc) is 2.92. The van der Waals surface area contributed by atoms with Crippen LogP contribution in [0.3, 0.4) is 0 Å². The first-order valence-electron chi connectivity index (χ1n) is 7.55. The summed E-state index contributed by atoms with van der Waals surface area (Å²) in [6, 6.07) is 5.88. The molecule has 1 N–H and O–H groups in total. The van der Waals surface area contributed by atoms with Gasteiger partial charge in [0.2, 0.25) is 0 Å². The molecule has 4 heteroatoms. The second-order valence-corrected chi connectivity index (χ2v) is 5.43. The maximum Gasteiger partial charge on any atom is 0.355 e. The first kappa shape index (κ1) is 15.1. The van der Waals surface area contributed by atoms with Crippen molar-refractivity contribution in [2.24, 2.45) is 0 Å². The Morgan fingerprint density at radius 3 is 2.96 bits per heavy atom. The lowest BCUT2D eigenvalue weighted by molar-refractivity contribution is 0.0520. The lowest BCUT2D eigenvalue weighted by Crippen LogP contribution is -2.06. The number of carbonyl (C=O) groups excluding carboxylic acids is 2. The Kier molecular flexibility index (Phi) is 4.00. The number of rotatable bonds is 3. The van der Waals surface area contributed by atoms with E-state index >= 15 is 0 Å². The highest BCUT2D eigenvalue weighted by atomic mass is 16.5. The fourth-order valence-corrected chi connectivity index (χ4v) is 2.95. The Bertz CT molecular complexity index is 893. The van der Waals surface area contributed by atoms with Crippen molar-refractivity contribution in [3.05, 3.63) is 58.8 Å². The molecule has 0 saturated heterocycles. The molecule has 1 aromatic carbocycles. The summed E-state index contributed by atoms with van der Waals surface area (Å²) in [6.07, 6.45) is 6.15. The molecule has 116 valence electrons. The van der Waals surface area contributed by atoms with Gasteiger partial charge in [-0.3, -0.25) is 0 Å². The topological polar surface area (TPSA) is 59.2 Å². The summed E-state index contributed by atoms with van der Waals surface area (Å²) >= 11 is 0. The van der Waals surface area contributed by atoms with Crippen LogP contribution in [0.2, 0.25) is 0 Å². The van der Waals surface area contributed by atoms with E-state index in [9.17, 15) is 9.59 Å². The van der Waals surface area contributed by atoms with E-state index in [0.717, 1.165) is 27.6 Å². The molecule has 1 aliphatic rings. The first-order chi connectivity index (χ1) is 11.2. The zero-order valence-corrected chi connectivity index (χ0v) is 13.1. The molecule has 0 radical (unpaired) electrons. The van der Waals surface area contributed by atoms with Crippen LogP contribution in [0, 0.1) is 6.92 Å². The number of aromatic nitrogens is 1. The molecular weight excluding hydrogens is 290 g/mol. The molecule has 0 fully saturated rings. The highest BCUT2D eigenvalue weighted by molar-refractivity contribution is 6.03. The van der Waals surface area contributed by atoms with Crippen LogP contribution in [0.5, 0.6) is 0 Å². The van der Waals surface area contributed by atoms with E-state index in [1.54, 1.807) is 13.0 Å². The Morgan fingerprint density at radius 1 is 1.39 bits per heavy atom. The first-order valence-corrected chi connectivity index (χ1v) is 7.55. The van der Waals surface area contributed by atoms with Crippen molar-refractivity contribution in [2.45, 2.75) is 20.3 Å². The molecule has 1 heterocycles. The summed E-state index contributed by atoms with van der Waals surface area (Å²) < 4.78 is 5.11. The third-order valence-electron chi connectivity index (χ3n) is 4.01. The molecule has 0 amide bonds. The maximum atomic E-state index is 12.1. The summed E-state index contributed by atoms with van der Waals surface area (Å²) in [5, 5.41) is 0.988. The van der Waals surface area contributed by atoms with E-state index in [1.807, 2.05) is 43.2 Å². The Balaban J connectivity index is 2.16. The molecule has 0 saturated carbocycles. The number of esters is 1. The lowest BCUT2D eigenvalue weighted by atomic mass is 9.91. The van der Waals surface area contributed by atoms with Crippen molar-refractivity contribution in [1.82, 2.24) is 4.98 Å². The summed E-state index contributed by atoms with van der Waals surface area (Å²) in [5.41, 5.74) is 4.90. The van der Waals surface area contributed by atoms with Gasteiger partial charge in [0, 0.05) is 22.9 Å². The van der Waals surface area contributed by atoms with E-state index < -0.39 is 0 Å². The molecule has 0 unspecified atom stereocenters. The highest BCUT2D eigenvalue weighted by Crippen LogP contribution is 2.34. The fourth-order valence-electron chi connectivity index (χ4n) is 2.95. The van der Waals surface area contributed by atoms with Crippen molar-refractivity contribution < 1.29 is 14.3 Å². The number of allylic oxidation sites excluding steroid dienone is 5. The SMILES string of the molecule is CCOC(=O)c1[nH]c2cccc(C3=CC=CC(=C=O)C3)c2c1C. The molecule has 2 aromatic rings. The number of ether oxygens (including phenoxy) is 1. The number of benzene rings is 1. The van der Waals surface area contributed by atoms with Crippen LogP contribution in [-0.4, -0.2) is 23.5 Å². The van der Waals surface area contributed by atoms with E-state index in [1.165, 1.54) is 0 Å². The summed E-state index contributed by atoms with van der Waals surface area (Å²) in [7, 11) is 0. The second-order valence-electron chi connectivity index (χ2n) is 5.43. The van der Waals surface area contributed by atoms with Crippen LogP contribution in [0.4, 0.5) is 0 Å². The van der Waals surface area contributed by atoms with Gasteiger partial charge in [-0.25, -0.2) is 9.59 Å². The molecule has 0 atom stereocenters. The van der Waals surface area contributed by atoms with Gasteiger partial charge in [0.05, 0.1) is 6.61 Å². The van der Waals surface area contributed by atoms with E-state index in [0.29, 0.717) is 24.3 Å². The van der Waals surface area contributed by atoms with Gasteiger partial charge in [-0.05, 0) is 42.7 Å². The van der Waals surface area contributed by atoms with Crippen LogP contribution in [0.15, 0.2) is 42.0 Å². The van der Waals surface area contributed by atoms with Crippen molar-refractivity contribution >= 4 is 28.4 Å². The van der Waals surface area contributed by atoms with Crippen LogP contribution < -0.4 is 0 Å². The average molecular weight is 307 g/mol. The summed E-state index contributed by atoms with van der Waals surface area (Å²) in [5.74, 6) is 1.61. The zero-order chi connectivity index (χ0) is 16.4. The van der Waals surface area contributed by atoms with Crippen molar-refractivity contribution in [3.8, 4) is 0 Å². The Hall–Kier alpha value is -2.84. The van der Waals surface area contributed by atoms with Gasteiger partial charge in [-0.2, -0.15) is 0 Å². The molecule has 3 rings (SSSR count). The zero-order valence-electron chi connectivity index (χ0n) is 13.1.